The van der Waals surface area contributed by atoms with Gasteiger partial charge in [0.2, 0.25) is 0 Å². The second kappa shape index (κ2) is 4.53. The largest absolute Gasteiger partial charge is 0.495 e. The Morgan fingerprint density at radius 3 is 2.73 bits per heavy atom. The molecule has 0 saturated carbocycles. The van der Waals surface area contributed by atoms with E-state index in [1.807, 2.05) is 12.2 Å². The molecule has 3 unspecified atom stereocenters. The Morgan fingerprint density at radius 2 is 2.05 bits per heavy atom. The lowest BCUT2D eigenvalue weighted by Crippen LogP contribution is -2.35. The third kappa shape index (κ3) is 1.67. The molecule has 0 amide bonds. The van der Waals surface area contributed by atoms with Gasteiger partial charge in [0.1, 0.15) is 5.75 Å². The Morgan fingerprint density at radius 1 is 1.32 bits per heavy atom. The zero-order chi connectivity index (χ0) is 15.5. The van der Waals surface area contributed by atoms with Crippen LogP contribution in [0.1, 0.15) is 42.2 Å². The van der Waals surface area contributed by atoms with Crippen LogP contribution in [0.5, 0.6) is 5.75 Å². The van der Waals surface area contributed by atoms with Gasteiger partial charge in [-0.1, -0.05) is 19.1 Å². The molecule has 0 radical (unpaired) electrons. The molecule has 4 rings (SSSR count). The molecule has 0 fully saturated rings. The molecular weight excluding hydrogens is 278 g/mol. The summed E-state index contributed by atoms with van der Waals surface area (Å²) >= 11 is 0. The van der Waals surface area contributed by atoms with Gasteiger partial charge in [-0.15, -0.1) is 0 Å². The SMILES string of the molecule is COc1cnc2c3c1C(O)C1(C=CC(=O)C=C1)CC3C(C)C2. The number of hydrogen-bond donors (Lipinski definition) is 1. The lowest BCUT2D eigenvalue weighted by molar-refractivity contribution is -0.110. The number of methoxy groups -OCH3 is 1. The van der Waals surface area contributed by atoms with Gasteiger partial charge >= 0.3 is 0 Å². The molecule has 0 saturated heterocycles. The van der Waals surface area contributed by atoms with E-state index < -0.39 is 11.5 Å². The number of rotatable bonds is 1. The van der Waals surface area contributed by atoms with Crippen LogP contribution in [0.4, 0.5) is 0 Å². The molecule has 4 nitrogen and oxygen atoms in total. The summed E-state index contributed by atoms with van der Waals surface area (Å²) in [4.78, 5) is 16.0. The molecule has 1 aromatic heterocycles. The van der Waals surface area contributed by atoms with E-state index in [0.29, 0.717) is 17.6 Å². The van der Waals surface area contributed by atoms with E-state index in [0.717, 1.165) is 24.1 Å². The summed E-state index contributed by atoms with van der Waals surface area (Å²) in [6.45, 7) is 2.23. The van der Waals surface area contributed by atoms with Crippen molar-refractivity contribution in [3.8, 4) is 5.75 Å². The van der Waals surface area contributed by atoms with E-state index >= 15 is 0 Å². The first-order chi connectivity index (χ1) is 10.6. The van der Waals surface area contributed by atoms with Crippen molar-refractivity contribution in [3.63, 3.8) is 0 Å². The van der Waals surface area contributed by atoms with Crippen LogP contribution in [0.25, 0.3) is 0 Å². The second-order valence-corrected chi connectivity index (χ2v) is 6.68. The number of ketones is 1. The molecule has 1 heterocycles. The topological polar surface area (TPSA) is 59.4 Å². The monoisotopic (exact) mass is 297 g/mol. The molecule has 1 aromatic rings. The molecule has 3 aliphatic carbocycles. The van der Waals surface area contributed by atoms with Crippen molar-refractivity contribution in [1.29, 1.82) is 0 Å². The highest BCUT2D eigenvalue weighted by Gasteiger charge is 2.50. The fourth-order valence-electron chi connectivity index (χ4n) is 4.29. The minimum atomic E-state index is -0.707. The van der Waals surface area contributed by atoms with Gasteiger partial charge in [-0.25, -0.2) is 0 Å². The van der Waals surface area contributed by atoms with Crippen LogP contribution in [-0.4, -0.2) is 23.0 Å². The fourth-order valence-corrected chi connectivity index (χ4v) is 4.29. The summed E-state index contributed by atoms with van der Waals surface area (Å²) in [5.74, 6) is 1.45. The average Bonchev–Trinajstić information content (AvgIpc) is 2.83. The molecular formula is C18H19NO3. The van der Waals surface area contributed by atoms with Gasteiger partial charge in [-0.2, -0.15) is 0 Å². The number of pyridine rings is 1. The van der Waals surface area contributed by atoms with E-state index in [1.54, 1.807) is 25.5 Å². The Bertz CT molecular complexity index is 703. The quantitative estimate of drug-likeness (QED) is 0.865. The minimum absolute atomic E-state index is 0.0227. The summed E-state index contributed by atoms with van der Waals surface area (Å²) < 4.78 is 5.47. The lowest BCUT2D eigenvalue weighted by Gasteiger charge is -2.43. The van der Waals surface area contributed by atoms with Crippen LogP contribution in [0.3, 0.4) is 0 Å². The van der Waals surface area contributed by atoms with Crippen molar-refractivity contribution < 1.29 is 14.6 Å². The van der Waals surface area contributed by atoms with Crippen LogP contribution in [0.2, 0.25) is 0 Å². The molecule has 4 heteroatoms. The predicted molar refractivity (Wildman–Crippen MR) is 81.7 cm³/mol. The molecule has 0 aliphatic heterocycles. The Kier molecular flexibility index (Phi) is 2.82. The van der Waals surface area contributed by atoms with Crippen molar-refractivity contribution in [2.75, 3.05) is 7.11 Å². The first-order valence-corrected chi connectivity index (χ1v) is 7.72. The van der Waals surface area contributed by atoms with Crippen LogP contribution >= 0.6 is 0 Å². The van der Waals surface area contributed by atoms with Gasteiger partial charge in [-0.05, 0) is 42.4 Å². The molecule has 0 bridgehead atoms. The highest BCUT2D eigenvalue weighted by atomic mass is 16.5. The maximum Gasteiger partial charge on any atom is 0.178 e. The third-order valence-corrected chi connectivity index (χ3v) is 5.47. The summed E-state index contributed by atoms with van der Waals surface area (Å²) in [7, 11) is 1.61. The number of aliphatic hydroxyl groups is 1. The van der Waals surface area contributed by atoms with Gasteiger partial charge < -0.3 is 9.84 Å². The van der Waals surface area contributed by atoms with Crippen molar-refractivity contribution in [2.45, 2.75) is 31.8 Å². The van der Waals surface area contributed by atoms with Crippen LogP contribution in [-0.2, 0) is 11.2 Å². The predicted octanol–water partition coefficient (Wildman–Crippen LogP) is 2.48. The van der Waals surface area contributed by atoms with Crippen molar-refractivity contribution in [1.82, 2.24) is 4.98 Å². The summed E-state index contributed by atoms with van der Waals surface area (Å²) in [5.41, 5.74) is 2.60. The molecule has 1 spiro atoms. The van der Waals surface area contributed by atoms with E-state index in [4.69, 9.17) is 4.74 Å². The van der Waals surface area contributed by atoms with Gasteiger partial charge in [0, 0.05) is 16.7 Å². The van der Waals surface area contributed by atoms with Gasteiger partial charge in [-0.3, -0.25) is 9.78 Å². The summed E-state index contributed by atoms with van der Waals surface area (Å²) in [6.07, 6.45) is 9.64. The number of nitrogens with zero attached hydrogens (tertiary/aromatic N) is 1. The van der Waals surface area contributed by atoms with Crippen LogP contribution in [0.15, 0.2) is 30.5 Å². The number of aliphatic hydroxyl groups excluding tert-OH is 1. The molecule has 114 valence electrons. The molecule has 1 N–H and O–H groups in total. The number of hydrogen-bond acceptors (Lipinski definition) is 4. The maximum absolute atomic E-state index is 11.5. The summed E-state index contributed by atoms with van der Waals surface area (Å²) in [6, 6.07) is 0. The fraction of sp³-hybridized carbons (Fsp3) is 0.444. The van der Waals surface area contributed by atoms with E-state index in [2.05, 4.69) is 11.9 Å². The zero-order valence-electron chi connectivity index (χ0n) is 12.7. The van der Waals surface area contributed by atoms with Crippen molar-refractivity contribution >= 4 is 5.78 Å². The zero-order valence-corrected chi connectivity index (χ0v) is 12.7. The highest BCUT2D eigenvalue weighted by Crippen LogP contribution is 2.59. The second-order valence-electron chi connectivity index (χ2n) is 6.68. The summed E-state index contributed by atoms with van der Waals surface area (Å²) in [5, 5.41) is 11.1. The molecule has 22 heavy (non-hydrogen) atoms. The normalized spacial score (nSPS) is 30.7. The molecule has 3 atom stereocenters. The Hall–Kier alpha value is -1.94. The lowest BCUT2D eigenvalue weighted by atomic mass is 9.63. The van der Waals surface area contributed by atoms with Gasteiger partial charge in [0.25, 0.3) is 0 Å². The third-order valence-electron chi connectivity index (χ3n) is 5.47. The first kappa shape index (κ1) is 13.7. The van der Waals surface area contributed by atoms with E-state index in [-0.39, 0.29) is 5.78 Å². The van der Waals surface area contributed by atoms with E-state index in [1.165, 1.54) is 5.56 Å². The number of ether oxygens (including phenoxy) is 1. The number of carbonyl (C=O) groups is 1. The molecule has 0 aromatic carbocycles. The Labute approximate surface area is 129 Å². The van der Waals surface area contributed by atoms with Crippen molar-refractivity contribution in [3.05, 3.63) is 47.3 Å². The van der Waals surface area contributed by atoms with Gasteiger partial charge in [0.15, 0.2) is 5.78 Å². The first-order valence-electron chi connectivity index (χ1n) is 7.72. The average molecular weight is 297 g/mol. The van der Waals surface area contributed by atoms with Gasteiger partial charge in [0.05, 0.1) is 19.4 Å². The highest BCUT2D eigenvalue weighted by molar-refractivity contribution is 6.00. The molecule has 3 aliphatic rings. The number of allylic oxidation sites excluding steroid dienone is 2. The number of carbonyl (C=O) groups excluding carboxylic acids is 1. The van der Waals surface area contributed by atoms with Crippen molar-refractivity contribution in [2.24, 2.45) is 11.3 Å². The van der Waals surface area contributed by atoms with E-state index in [9.17, 15) is 9.90 Å². The number of aromatic nitrogens is 1. The standard InChI is InChI=1S/C18H19NO3/c1-10-7-13-15-12(10)8-18(5-3-11(20)4-6-18)17(21)16(15)14(22-2)9-19-13/h3-6,9-10,12,17,21H,7-8H2,1-2H3. The smallest absolute Gasteiger partial charge is 0.178 e. The van der Waals surface area contributed by atoms with Crippen LogP contribution < -0.4 is 4.74 Å². The van der Waals surface area contributed by atoms with Crippen LogP contribution in [0, 0.1) is 11.3 Å². The maximum atomic E-state index is 11.5. The Balaban J connectivity index is 1.93. The minimum Gasteiger partial charge on any atom is -0.495 e.